The number of nitrogens with one attached hydrogen (secondary N) is 1. The zero-order valence-electron chi connectivity index (χ0n) is 5.76. The molecule has 4 nitrogen and oxygen atoms in total. The van der Waals surface area contributed by atoms with Crippen molar-refractivity contribution in [2.75, 3.05) is 6.54 Å². The Morgan fingerprint density at radius 2 is 2.60 bits per heavy atom. The Kier molecular flexibility index (Phi) is 4.29. The van der Waals surface area contributed by atoms with Crippen LogP contribution in [0.3, 0.4) is 0 Å². The van der Waals surface area contributed by atoms with Gasteiger partial charge in [-0.05, 0) is 6.92 Å². The summed E-state index contributed by atoms with van der Waals surface area (Å²) in [6.07, 6.45) is 4.24. The molecule has 0 bridgehead atoms. The lowest BCUT2D eigenvalue weighted by Crippen LogP contribution is -2.36. The van der Waals surface area contributed by atoms with Crippen molar-refractivity contribution in [2.24, 2.45) is 5.90 Å². The third kappa shape index (κ3) is 3.07. The van der Waals surface area contributed by atoms with Crippen LogP contribution in [0.2, 0.25) is 0 Å². The molecule has 0 aromatic carbocycles. The topological polar surface area (TPSA) is 64.3 Å². The molecule has 0 aliphatic heterocycles. The Bertz CT molecular complexity index is 150. The Morgan fingerprint density at radius 1 is 2.00 bits per heavy atom. The normalized spacial score (nSPS) is 11.7. The highest BCUT2D eigenvalue weighted by Crippen LogP contribution is 1.82. The quantitative estimate of drug-likeness (QED) is 0.393. The molecule has 56 valence electrons. The van der Waals surface area contributed by atoms with Crippen LogP contribution in [0.15, 0.2) is 0 Å². The van der Waals surface area contributed by atoms with Gasteiger partial charge in [0.15, 0.2) is 6.10 Å². The average molecular weight is 142 g/mol. The first kappa shape index (κ1) is 8.95. The van der Waals surface area contributed by atoms with Gasteiger partial charge in [-0.2, -0.15) is 0 Å². The van der Waals surface area contributed by atoms with Crippen molar-refractivity contribution in [3.63, 3.8) is 0 Å². The molecule has 0 aromatic heterocycles. The standard InChI is InChI=1S/C6H10N2O2/c1-3-4-8-6(9)5(2)10-7/h1,5H,4,7H2,2H3,(H,8,9). The molecule has 1 amide bonds. The predicted molar refractivity (Wildman–Crippen MR) is 36.6 cm³/mol. The second kappa shape index (κ2) is 4.79. The summed E-state index contributed by atoms with van der Waals surface area (Å²) in [5, 5.41) is 2.40. The van der Waals surface area contributed by atoms with E-state index in [0.29, 0.717) is 0 Å². The molecular formula is C6H10N2O2. The van der Waals surface area contributed by atoms with Crippen molar-refractivity contribution < 1.29 is 9.63 Å². The number of hydrogen-bond acceptors (Lipinski definition) is 3. The smallest absolute Gasteiger partial charge is 0.251 e. The van der Waals surface area contributed by atoms with E-state index >= 15 is 0 Å². The van der Waals surface area contributed by atoms with E-state index in [1.165, 1.54) is 6.92 Å². The Balaban J connectivity index is 3.54. The van der Waals surface area contributed by atoms with E-state index in [1.807, 2.05) is 0 Å². The maximum atomic E-state index is 10.7. The molecule has 0 saturated carbocycles. The van der Waals surface area contributed by atoms with Gasteiger partial charge in [0.1, 0.15) is 0 Å². The van der Waals surface area contributed by atoms with E-state index in [4.69, 9.17) is 12.3 Å². The van der Waals surface area contributed by atoms with Crippen LogP contribution >= 0.6 is 0 Å². The minimum absolute atomic E-state index is 0.201. The van der Waals surface area contributed by atoms with Gasteiger partial charge in [-0.1, -0.05) is 5.92 Å². The summed E-state index contributed by atoms with van der Waals surface area (Å²) in [6.45, 7) is 1.73. The first-order valence-electron chi connectivity index (χ1n) is 2.79. The van der Waals surface area contributed by atoms with E-state index in [9.17, 15) is 4.79 Å². The number of amides is 1. The van der Waals surface area contributed by atoms with Gasteiger partial charge in [-0.25, -0.2) is 5.90 Å². The lowest BCUT2D eigenvalue weighted by Gasteiger charge is -2.06. The van der Waals surface area contributed by atoms with Crippen LogP contribution in [0.4, 0.5) is 0 Å². The van der Waals surface area contributed by atoms with E-state index in [0.717, 1.165) is 0 Å². The number of hydrogen-bond donors (Lipinski definition) is 2. The van der Waals surface area contributed by atoms with Crippen LogP contribution in [0.5, 0.6) is 0 Å². The van der Waals surface area contributed by atoms with E-state index in [-0.39, 0.29) is 12.5 Å². The van der Waals surface area contributed by atoms with Crippen molar-refractivity contribution in [2.45, 2.75) is 13.0 Å². The summed E-state index contributed by atoms with van der Waals surface area (Å²) in [5.41, 5.74) is 0. The van der Waals surface area contributed by atoms with Crippen molar-refractivity contribution in [3.8, 4) is 12.3 Å². The van der Waals surface area contributed by atoms with Gasteiger partial charge in [-0.15, -0.1) is 6.42 Å². The first-order chi connectivity index (χ1) is 4.72. The van der Waals surface area contributed by atoms with Crippen molar-refractivity contribution in [1.82, 2.24) is 5.32 Å². The molecule has 0 aliphatic carbocycles. The lowest BCUT2D eigenvalue weighted by atomic mass is 10.4. The minimum Gasteiger partial charge on any atom is -0.343 e. The van der Waals surface area contributed by atoms with Crippen LogP contribution in [0.25, 0.3) is 0 Å². The highest BCUT2D eigenvalue weighted by Gasteiger charge is 2.09. The molecule has 3 N–H and O–H groups in total. The van der Waals surface area contributed by atoms with E-state index < -0.39 is 6.10 Å². The van der Waals surface area contributed by atoms with Gasteiger partial charge in [0.25, 0.3) is 5.91 Å². The van der Waals surface area contributed by atoms with Crippen molar-refractivity contribution in [3.05, 3.63) is 0 Å². The SMILES string of the molecule is C#CCNC(=O)C(C)ON. The molecule has 0 aromatic rings. The van der Waals surface area contributed by atoms with Gasteiger partial charge in [0.05, 0.1) is 6.54 Å². The van der Waals surface area contributed by atoms with Gasteiger partial charge in [0.2, 0.25) is 0 Å². The van der Waals surface area contributed by atoms with Crippen LogP contribution in [-0.4, -0.2) is 18.6 Å². The Hall–Kier alpha value is -1.05. The van der Waals surface area contributed by atoms with Gasteiger partial charge >= 0.3 is 0 Å². The Morgan fingerprint density at radius 3 is 3.00 bits per heavy atom. The molecular weight excluding hydrogens is 132 g/mol. The highest BCUT2D eigenvalue weighted by atomic mass is 16.6. The molecule has 0 spiro atoms. The molecule has 0 heterocycles. The number of nitrogens with two attached hydrogens (primary N) is 1. The molecule has 0 rings (SSSR count). The largest absolute Gasteiger partial charge is 0.343 e. The molecule has 0 aliphatic rings. The molecule has 4 heteroatoms. The van der Waals surface area contributed by atoms with E-state index in [1.54, 1.807) is 0 Å². The molecule has 10 heavy (non-hydrogen) atoms. The number of terminal acetylenes is 1. The second-order valence-corrected chi connectivity index (χ2v) is 1.70. The van der Waals surface area contributed by atoms with Crippen LogP contribution < -0.4 is 11.2 Å². The number of carbonyl (C=O) groups excluding carboxylic acids is 1. The van der Waals surface area contributed by atoms with Crippen molar-refractivity contribution in [1.29, 1.82) is 0 Å². The zero-order valence-corrected chi connectivity index (χ0v) is 5.76. The molecule has 1 unspecified atom stereocenters. The molecule has 0 saturated heterocycles. The minimum atomic E-state index is -0.645. The summed E-state index contributed by atoms with van der Waals surface area (Å²) in [5.74, 6) is 6.68. The lowest BCUT2D eigenvalue weighted by molar-refractivity contribution is -0.131. The average Bonchev–Trinajstić information content (AvgIpc) is 1.98. The predicted octanol–water partition coefficient (Wildman–Crippen LogP) is -0.985. The van der Waals surface area contributed by atoms with Gasteiger partial charge < -0.3 is 5.32 Å². The third-order valence-electron chi connectivity index (χ3n) is 0.938. The first-order valence-corrected chi connectivity index (χ1v) is 2.79. The summed E-state index contributed by atoms with van der Waals surface area (Å²) in [6, 6.07) is 0. The summed E-state index contributed by atoms with van der Waals surface area (Å²) in [4.78, 5) is 14.9. The van der Waals surface area contributed by atoms with Crippen LogP contribution in [-0.2, 0) is 9.63 Å². The maximum absolute atomic E-state index is 10.7. The maximum Gasteiger partial charge on any atom is 0.251 e. The fraction of sp³-hybridized carbons (Fsp3) is 0.500. The summed E-state index contributed by atoms with van der Waals surface area (Å²) in [7, 11) is 0. The highest BCUT2D eigenvalue weighted by molar-refractivity contribution is 5.80. The van der Waals surface area contributed by atoms with Gasteiger partial charge in [0, 0.05) is 0 Å². The summed E-state index contributed by atoms with van der Waals surface area (Å²) < 4.78 is 0. The van der Waals surface area contributed by atoms with Crippen molar-refractivity contribution >= 4 is 5.91 Å². The second-order valence-electron chi connectivity index (χ2n) is 1.70. The summed E-state index contributed by atoms with van der Waals surface area (Å²) >= 11 is 0. The van der Waals surface area contributed by atoms with E-state index in [2.05, 4.69) is 16.1 Å². The third-order valence-corrected chi connectivity index (χ3v) is 0.938. The number of rotatable bonds is 3. The molecule has 0 fully saturated rings. The zero-order chi connectivity index (χ0) is 7.98. The fourth-order valence-electron chi connectivity index (χ4n) is 0.344. The number of carbonyl (C=O) groups is 1. The molecule has 1 atom stereocenters. The van der Waals surface area contributed by atoms with Crippen LogP contribution in [0, 0.1) is 12.3 Å². The fourth-order valence-corrected chi connectivity index (χ4v) is 0.344. The Labute approximate surface area is 59.7 Å². The van der Waals surface area contributed by atoms with Gasteiger partial charge in [-0.3, -0.25) is 9.63 Å². The monoisotopic (exact) mass is 142 g/mol. The van der Waals surface area contributed by atoms with Crippen LogP contribution in [0.1, 0.15) is 6.92 Å². The molecule has 0 radical (unpaired) electrons.